The lowest BCUT2D eigenvalue weighted by molar-refractivity contribution is -0.619. The highest BCUT2D eigenvalue weighted by atomic mass is 79.9. The summed E-state index contributed by atoms with van der Waals surface area (Å²) in [4.78, 5) is 3.50. The second-order valence-corrected chi connectivity index (χ2v) is 5.76. The third kappa shape index (κ3) is 1.51. The van der Waals surface area contributed by atoms with Gasteiger partial charge in [-0.15, -0.1) is 0 Å². The summed E-state index contributed by atoms with van der Waals surface area (Å²) in [6.07, 6.45) is 0. The van der Waals surface area contributed by atoms with Crippen molar-refractivity contribution in [3.8, 4) is 0 Å². The van der Waals surface area contributed by atoms with Crippen LogP contribution in [0.5, 0.6) is 0 Å². The van der Waals surface area contributed by atoms with Crippen molar-refractivity contribution < 1.29 is 4.57 Å². The van der Waals surface area contributed by atoms with Crippen LogP contribution in [0.25, 0.3) is 32.8 Å². The molecular formula is C16H12BrN2+. The van der Waals surface area contributed by atoms with E-state index in [1.807, 2.05) is 0 Å². The summed E-state index contributed by atoms with van der Waals surface area (Å²) in [6, 6.07) is 17.1. The summed E-state index contributed by atoms with van der Waals surface area (Å²) < 4.78 is 3.33. The van der Waals surface area contributed by atoms with Gasteiger partial charge in [0.05, 0.1) is 12.4 Å². The van der Waals surface area contributed by atoms with Gasteiger partial charge in [-0.25, -0.2) is 9.55 Å². The number of nitrogens with zero attached hydrogens (tertiary/aromatic N) is 1. The van der Waals surface area contributed by atoms with Gasteiger partial charge in [-0.2, -0.15) is 0 Å². The Labute approximate surface area is 118 Å². The lowest BCUT2D eigenvalue weighted by Crippen LogP contribution is -2.30. The van der Waals surface area contributed by atoms with Crippen LogP contribution in [-0.4, -0.2) is 4.98 Å². The number of H-pyrrole nitrogens is 1. The molecule has 4 rings (SSSR count). The Kier molecular flexibility index (Phi) is 2.21. The van der Waals surface area contributed by atoms with Crippen molar-refractivity contribution in [2.75, 3.05) is 0 Å². The molecular weight excluding hydrogens is 300 g/mol. The molecule has 0 spiro atoms. The average Bonchev–Trinajstić information content (AvgIpc) is 2.78. The van der Waals surface area contributed by atoms with Crippen molar-refractivity contribution in [3.05, 3.63) is 53.0 Å². The number of rotatable bonds is 0. The average molecular weight is 312 g/mol. The maximum absolute atomic E-state index is 3.54. The molecule has 0 aliphatic heterocycles. The predicted octanol–water partition coefficient (Wildman–Crippen LogP) is 4.06. The zero-order valence-electron chi connectivity index (χ0n) is 10.4. The van der Waals surface area contributed by atoms with Crippen LogP contribution in [0.3, 0.4) is 0 Å². The van der Waals surface area contributed by atoms with E-state index in [0.29, 0.717) is 0 Å². The second-order valence-electron chi connectivity index (χ2n) is 4.84. The van der Waals surface area contributed by atoms with Crippen LogP contribution in [-0.2, 0) is 7.05 Å². The second kappa shape index (κ2) is 3.81. The van der Waals surface area contributed by atoms with Gasteiger partial charge in [0.1, 0.15) is 11.0 Å². The standard InChI is InChI=1S/C16H11BrN2/c1-19-15-7-6-11(17)8-10(15)9-13-12-4-2-3-5-14(12)18-16(13)19/h2-9H,1H3/p+1. The number of hydrogen-bond donors (Lipinski definition) is 1. The topological polar surface area (TPSA) is 19.7 Å². The molecule has 0 aliphatic carbocycles. The molecule has 2 aromatic carbocycles. The van der Waals surface area contributed by atoms with E-state index in [1.165, 1.54) is 27.2 Å². The first kappa shape index (κ1) is 11.0. The minimum Gasteiger partial charge on any atom is -0.240 e. The molecule has 2 heterocycles. The van der Waals surface area contributed by atoms with Crippen LogP contribution < -0.4 is 4.57 Å². The molecule has 3 heteroatoms. The number of nitrogens with one attached hydrogen (secondary N) is 1. The summed E-state index contributed by atoms with van der Waals surface area (Å²) in [6.45, 7) is 0. The highest BCUT2D eigenvalue weighted by Gasteiger charge is 2.15. The molecule has 2 aromatic heterocycles. The molecule has 92 valence electrons. The van der Waals surface area contributed by atoms with Crippen molar-refractivity contribution in [3.63, 3.8) is 0 Å². The van der Waals surface area contributed by atoms with Gasteiger partial charge in [-0.3, -0.25) is 0 Å². The maximum Gasteiger partial charge on any atom is 0.287 e. The number of aromatic nitrogens is 2. The first-order valence-electron chi connectivity index (χ1n) is 6.23. The molecule has 0 aliphatic rings. The number of hydrogen-bond acceptors (Lipinski definition) is 0. The Morgan fingerprint density at radius 1 is 1.00 bits per heavy atom. The highest BCUT2D eigenvalue weighted by Crippen LogP contribution is 2.27. The van der Waals surface area contributed by atoms with Crippen LogP contribution in [0.1, 0.15) is 0 Å². The highest BCUT2D eigenvalue weighted by molar-refractivity contribution is 9.10. The number of aryl methyl sites for hydroxylation is 1. The van der Waals surface area contributed by atoms with Gasteiger partial charge in [0.2, 0.25) is 0 Å². The summed E-state index contributed by atoms with van der Waals surface area (Å²) in [5.74, 6) is 0. The van der Waals surface area contributed by atoms with Gasteiger partial charge >= 0.3 is 0 Å². The van der Waals surface area contributed by atoms with E-state index in [9.17, 15) is 0 Å². The van der Waals surface area contributed by atoms with E-state index in [4.69, 9.17) is 0 Å². The number of para-hydroxylation sites is 1. The summed E-state index contributed by atoms with van der Waals surface area (Å²) >= 11 is 3.54. The number of pyridine rings is 1. The normalized spacial score (nSPS) is 11.7. The zero-order chi connectivity index (χ0) is 13.0. The molecule has 0 amide bonds. The Balaban J connectivity index is 2.30. The minimum absolute atomic E-state index is 1.11. The van der Waals surface area contributed by atoms with E-state index in [1.54, 1.807) is 0 Å². The molecule has 0 atom stereocenters. The molecule has 1 N–H and O–H groups in total. The third-order valence-corrected chi connectivity index (χ3v) is 4.20. The lowest BCUT2D eigenvalue weighted by Gasteiger charge is -2.01. The molecule has 0 saturated carbocycles. The van der Waals surface area contributed by atoms with Crippen molar-refractivity contribution in [1.82, 2.24) is 4.98 Å². The fourth-order valence-electron chi connectivity index (χ4n) is 2.78. The van der Waals surface area contributed by atoms with E-state index >= 15 is 0 Å². The molecule has 4 aromatic rings. The Morgan fingerprint density at radius 2 is 1.84 bits per heavy atom. The van der Waals surface area contributed by atoms with Crippen molar-refractivity contribution in [1.29, 1.82) is 0 Å². The minimum atomic E-state index is 1.11. The van der Waals surface area contributed by atoms with Gasteiger partial charge in [-0.05, 0) is 36.4 Å². The van der Waals surface area contributed by atoms with E-state index < -0.39 is 0 Å². The molecule has 0 saturated heterocycles. The van der Waals surface area contributed by atoms with Crippen molar-refractivity contribution in [2.24, 2.45) is 7.05 Å². The van der Waals surface area contributed by atoms with Gasteiger partial charge in [0, 0.05) is 15.2 Å². The summed E-state index contributed by atoms with van der Waals surface area (Å²) in [5.41, 5.74) is 3.57. The fourth-order valence-corrected chi connectivity index (χ4v) is 3.16. The molecule has 0 fully saturated rings. The molecule has 19 heavy (non-hydrogen) atoms. The number of fused-ring (bicyclic) bond motifs is 4. The molecule has 2 nitrogen and oxygen atoms in total. The third-order valence-electron chi connectivity index (χ3n) is 3.71. The van der Waals surface area contributed by atoms with E-state index in [-0.39, 0.29) is 0 Å². The Morgan fingerprint density at radius 3 is 2.74 bits per heavy atom. The zero-order valence-corrected chi connectivity index (χ0v) is 12.0. The lowest BCUT2D eigenvalue weighted by atomic mass is 10.1. The largest absolute Gasteiger partial charge is 0.287 e. The first-order valence-corrected chi connectivity index (χ1v) is 7.02. The predicted molar refractivity (Wildman–Crippen MR) is 82.2 cm³/mol. The van der Waals surface area contributed by atoms with E-state index in [2.05, 4.69) is 81.1 Å². The van der Waals surface area contributed by atoms with Gasteiger partial charge in [0.25, 0.3) is 5.65 Å². The SMILES string of the molecule is C[n+]1c2ccc(Br)cc2cc2c3ccccc3[nH]c21. The molecule has 0 bridgehead atoms. The fraction of sp³-hybridized carbons (Fsp3) is 0.0625. The van der Waals surface area contributed by atoms with Gasteiger partial charge in [0.15, 0.2) is 0 Å². The van der Waals surface area contributed by atoms with Crippen LogP contribution in [0.2, 0.25) is 0 Å². The quantitative estimate of drug-likeness (QED) is 0.472. The van der Waals surface area contributed by atoms with Crippen molar-refractivity contribution >= 4 is 48.8 Å². The Hall–Kier alpha value is -1.87. The van der Waals surface area contributed by atoms with Crippen LogP contribution in [0.15, 0.2) is 53.0 Å². The van der Waals surface area contributed by atoms with Crippen LogP contribution in [0, 0.1) is 0 Å². The van der Waals surface area contributed by atoms with Gasteiger partial charge < -0.3 is 0 Å². The smallest absolute Gasteiger partial charge is 0.240 e. The summed E-state index contributed by atoms with van der Waals surface area (Å²) in [7, 11) is 2.11. The Bertz CT molecular complexity index is 938. The molecule has 0 radical (unpaired) electrons. The number of benzene rings is 2. The maximum atomic E-state index is 3.54. The van der Waals surface area contributed by atoms with Crippen molar-refractivity contribution in [2.45, 2.75) is 0 Å². The van der Waals surface area contributed by atoms with Crippen LogP contribution in [0.4, 0.5) is 0 Å². The van der Waals surface area contributed by atoms with Gasteiger partial charge in [-0.1, -0.05) is 28.1 Å². The first-order chi connectivity index (χ1) is 9.24. The number of halogens is 1. The molecule has 0 unspecified atom stereocenters. The summed E-state index contributed by atoms with van der Waals surface area (Å²) in [5, 5.41) is 3.79. The number of aromatic amines is 1. The monoisotopic (exact) mass is 311 g/mol. The van der Waals surface area contributed by atoms with Crippen LogP contribution >= 0.6 is 15.9 Å². The van der Waals surface area contributed by atoms with E-state index in [0.717, 1.165) is 10.1 Å².